The van der Waals surface area contributed by atoms with Crippen molar-refractivity contribution in [2.45, 2.75) is 6.43 Å². The molecule has 1 aromatic carbocycles. The highest BCUT2D eigenvalue weighted by atomic mass is 19.3. The molecule has 0 atom stereocenters. The lowest BCUT2D eigenvalue weighted by Gasteiger charge is -2.08. The Morgan fingerprint density at radius 1 is 1.33 bits per heavy atom. The highest BCUT2D eigenvalue weighted by Crippen LogP contribution is 2.33. The second-order valence-corrected chi connectivity index (χ2v) is 3.84. The maximum absolute atomic E-state index is 12.9. The summed E-state index contributed by atoms with van der Waals surface area (Å²) in [6, 6.07) is 6.18. The second kappa shape index (κ2) is 4.64. The monoisotopic (exact) mass is 253 g/mol. The van der Waals surface area contributed by atoms with Crippen LogP contribution in [0.5, 0.6) is 5.75 Å². The zero-order valence-corrected chi connectivity index (χ0v) is 10.0. The van der Waals surface area contributed by atoms with E-state index in [1.165, 1.54) is 23.9 Å². The standard InChI is InChI=1S/C12H13F2N3O/c1-17-11(15)6-9(16-17)7-3-4-10(18-2)8(5-7)12(13)14/h3-6,12H,15H2,1-2H3. The molecule has 0 bridgehead atoms. The van der Waals surface area contributed by atoms with Crippen LogP contribution in [0.3, 0.4) is 0 Å². The summed E-state index contributed by atoms with van der Waals surface area (Å²) in [7, 11) is 3.05. The van der Waals surface area contributed by atoms with E-state index in [1.54, 1.807) is 19.2 Å². The number of aryl methyl sites for hydroxylation is 1. The van der Waals surface area contributed by atoms with E-state index < -0.39 is 6.43 Å². The van der Waals surface area contributed by atoms with Gasteiger partial charge >= 0.3 is 0 Å². The molecule has 0 aliphatic heterocycles. The molecule has 0 aliphatic carbocycles. The van der Waals surface area contributed by atoms with Gasteiger partial charge in [-0.15, -0.1) is 0 Å². The summed E-state index contributed by atoms with van der Waals surface area (Å²) < 4.78 is 32.1. The van der Waals surface area contributed by atoms with Gasteiger partial charge in [-0.3, -0.25) is 4.68 Å². The lowest BCUT2D eigenvalue weighted by molar-refractivity contribution is 0.147. The summed E-state index contributed by atoms with van der Waals surface area (Å²) in [4.78, 5) is 0. The molecule has 0 saturated heterocycles. The summed E-state index contributed by atoms with van der Waals surface area (Å²) in [5.74, 6) is 0.636. The number of anilines is 1. The van der Waals surface area contributed by atoms with Crippen LogP contribution in [-0.2, 0) is 7.05 Å². The van der Waals surface area contributed by atoms with Crippen LogP contribution < -0.4 is 10.5 Å². The third-order valence-electron chi connectivity index (χ3n) is 2.68. The van der Waals surface area contributed by atoms with E-state index in [4.69, 9.17) is 10.5 Å². The highest BCUT2D eigenvalue weighted by molar-refractivity contribution is 5.64. The van der Waals surface area contributed by atoms with Crippen LogP contribution >= 0.6 is 0 Å². The van der Waals surface area contributed by atoms with Crippen molar-refractivity contribution in [3.8, 4) is 17.0 Å². The quantitative estimate of drug-likeness (QED) is 0.914. The van der Waals surface area contributed by atoms with Gasteiger partial charge in [0.15, 0.2) is 0 Å². The summed E-state index contributed by atoms with van der Waals surface area (Å²) in [6.45, 7) is 0. The fourth-order valence-electron chi connectivity index (χ4n) is 1.69. The Balaban J connectivity index is 2.49. The molecular formula is C12H13F2N3O. The number of rotatable bonds is 3. The van der Waals surface area contributed by atoms with Gasteiger partial charge in [0.1, 0.15) is 11.6 Å². The van der Waals surface area contributed by atoms with Gasteiger partial charge in [-0.1, -0.05) is 0 Å². The van der Waals surface area contributed by atoms with Crippen molar-refractivity contribution in [3.63, 3.8) is 0 Å². The Kier molecular flexibility index (Phi) is 3.18. The summed E-state index contributed by atoms with van der Waals surface area (Å²) in [5, 5.41) is 4.14. The fraction of sp³-hybridized carbons (Fsp3) is 0.250. The molecule has 4 nitrogen and oxygen atoms in total. The van der Waals surface area contributed by atoms with Gasteiger partial charge in [0.2, 0.25) is 0 Å². The zero-order valence-electron chi connectivity index (χ0n) is 10.0. The van der Waals surface area contributed by atoms with Crippen molar-refractivity contribution < 1.29 is 13.5 Å². The summed E-state index contributed by atoms with van der Waals surface area (Å²) >= 11 is 0. The first-order valence-electron chi connectivity index (χ1n) is 5.29. The third kappa shape index (κ3) is 2.13. The van der Waals surface area contributed by atoms with Crippen LogP contribution in [0.2, 0.25) is 0 Å². The van der Waals surface area contributed by atoms with E-state index in [9.17, 15) is 8.78 Å². The number of nitrogens with two attached hydrogens (primary N) is 1. The maximum atomic E-state index is 12.9. The Labute approximate surface area is 103 Å². The molecule has 0 aliphatic rings. The number of methoxy groups -OCH3 is 1. The molecule has 0 radical (unpaired) electrons. The van der Waals surface area contributed by atoms with E-state index in [2.05, 4.69) is 5.10 Å². The average molecular weight is 253 g/mol. The SMILES string of the molecule is COc1ccc(-c2cc(N)n(C)n2)cc1C(F)F. The molecule has 0 saturated carbocycles. The Hall–Kier alpha value is -2.11. The number of nitrogen functional groups attached to an aromatic ring is 1. The molecule has 1 aromatic heterocycles. The van der Waals surface area contributed by atoms with E-state index in [0.717, 1.165) is 0 Å². The predicted molar refractivity (Wildman–Crippen MR) is 64.6 cm³/mol. The number of ether oxygens (including phenoxy) is 1. The van der Waals surface area contributed by atoms with Crippen molar-refractivity contribution in [1.29, 1.82) is 0 Å². The molecular weight excluding hydrogens is 240 g/mol. The minimum absolute atomic E-state index is 0.153. The van der Waals surface area contributed by atoms with Gasteiger partial charge in [0.05, 0.1) is 18.4 Å². The number of benzene rings is 1. The third-order valence-corrected chi connectivity index (χ3v) is 2.68. The zero-order chi connectivity index (χ0) is 13.3. The molecule has 2 aromatic rings. The largest absolute Gasteiger partial charge is 0.496 e. The number of alkyl halides is 2. The second-order valence-electron chi connectivity index (χ2n) is 3.84. The van der Waals surface area contributed by atoms with E-state index in [1.807, 2.05) is 0 Å². The van der Waals surface area contributed by atoms with Crippen molar-refractivity contribution >= 4 is 5.82 Å². The molecule has 6 heteroatoms. The van der Waals surface area contributed by atoms with Crippen LogP contribution in [0.25, 0.3) is 11.3 Å². The normalized spacial score (nSPS) is 10.9. The van der Waals surface area contributed by atoms with Gasteiger partial charge < -0.3 is 10.5 Å². The molecule has 0 fully saturated rings. The first-order chi connectivity index (χ1) is 8.52. The lowest BCUT2D eigenvalue weighted by atomic mass is 10.1. The first-order valence-corrected chi connectivity index (χ1v) is 5.29. The average Bonchev–Trinajstić information content (AvgIpc) is 2.68. The number of nitrogens with zero attached hydrogens (tertiary/aromatic N) is 2. The van der Waals surface area contributed by atoms with Crippen molar-refractivity contribution in [3.05, 3.63) is 29.8 Å². The van der Waals surface area contributed by atoms with Gasteiger partial charge in [-0.05, 0) is 18.2 Å². The molecule has 0 unspecified atom stereocenters. The summed E-state index contributed by atoms with van der Waals surface area (Å²) in [5.41, 5.74) is 6.64. The predicted octanol–water partition coefficient (Wildman–Crippen LogP) is 2.62. The minimum Gasteiger partial charge on any atom is -0.496 e. The van der Waals surface area contributed by atoms with E-state index in [-0.39, 0.29) is 11.3 Å². The number of halogens is 2. The molecule has 96 valence electrons. The Bertz CT molecular complexity index is 547. The number of hydrogen-bond donors (Lipinski definition) is 1. The molecule has 18 heavy (non-hydrogen) atoms. The molecule has 0 amide bonds. The van der Waals surface area contributed by atoms with Crippen molar-refractivity contribution in [1.82, 2.24) is 9.78 Å². The van der Waals surface area contributed by atoms with Crippen LogP contribution in [-0.4, -0.2) is 16.9 Å². The minimum atomic E-state index is -2.60. The van der Waals surface area contributed by atoms with E-state index >= 15 is 0 Å². The van der Waals surface area contributed by atoms with Gasteiger partial charge in [0, 0.05) is 18.7 Å². The van der Waals surface area contributed by atoms with Gasteiger partial charge in [-0.2, -0.15) is 5.10 Å². The number of aromatic nitrogens is 2. The fourth-order valence-corrected chi connectivity index (χ4v) is 1.69. The van der Waals surface area contributed by atoms with Crippen LogP contribution in [0.1, 0.15) is 12.0 Å². The van der Waals surface area contributed by atoms with Crippen LogP contribution in [0, 0.1) is 0 Å². The molecule has 0 spiro atoms. The summed E-state index contributed by atoms with van der Waals surface area (Å²) in [6.07, 6.45) is -2.60. The first kappa shape index (κ1) is 12.3. The van der Waals surface area contributed by atoms with Crippen molar-refractivity contribution in [2.75, 3.05) is 12.8 Å². The Morgan fingerprint density at radius 3 is 2.56 bits per heavy atom. The topological polar surface area (TPSA) is 53.1 Å². The van der Waals surface area contributed by atoms with Crippen molar-refractivity contribution in [2.24, 2.45) is 7.05 Å². The maximum Gasteiger partial charge on any atom is 0.267 e. The van der Waals surface area contributed by atoms with Gasteiger partial charge in [-0.25, -0.2) is 8.78 Å². The number of hydrogen-bond acceptors (Lipinski definition) is 3. The smallest absolute Gasteiger partial charge is 0.267 e. The van der Waals surface area contributed by atoms with Gasteiger partial charge in [0.25, 0.3) is 6.43 Å². The van der Waals surface area contributed by atoms with Crippen LogP contribution in [0.4, 0.5) is 14.6 Å². The molecule has 1 heterocycles. The molecule has 2 rings (SSSR count). The highest BCUT2D eigenvalue weighted by Gasteiger charge is 2.16. The lowest BCUT2D eigenvalue weighted by Crippen LogP contribution is -1.96. The molecule has 2 N–H and O–H groups in total. The van der Waals surface area contributed by atoms with E-state index in [0.29, 0.717) is 17.1 Å². The Morgan fingerprint density at radius 2 is 2.06 bits per heavy atom. The van der Waals surface area contributed by atoms with Crippen LogP contribution in [0.15, 0.2) is 24.3 Å².